The normalized spacial score (nSPS) is 16.2. The average Bonchev–Trinajstić information content (AvgIpc) is 3.45. The molecule has 1 amide bonds. The van der Waals surface area contributed by atoms with Crippen LogP contribution in [0.15, 0.2) is 35.7 Å². The molecule has 1 fully saturated rings. The van der Waals surface area contributed by atoms with Crippen molar-refractivity contribution < 1.29 is 4.79 Å². The van der Waals surface area contributed by atoms with Gasteiger partial charge in [-0.05, 0) is 63.9 Å². The van der Waals surface area contributed by atoms with Gasteiger partial charge in [0.05, 0.1) is 32.7 Å². The number of likely N-dealkylation sites (tertiary alicyclic amines) is 1. The number of aromatic nitrogens is 3. The van der Waals surface area contributed by atoms with Crippen LogP contribution in [0.1, 0.15) is 51.3 Å². The molecule has 4 heterocycles. The molecule has 8 heteroatoms. The van der Waals surface area contributed by atoms with Crippen LogP contribution in [0.4, 0.5) is 10.8 Å². The summed E-state index contributed by atoms with van der Waals surface area (Å²) >= 11 is 3.20. The number of pyridine rings is 1. The smallest absolute Gasteiger partial charge is 0.254 e. The molecular formula is C23H23N5OS2. The zero-order valence-electron chi connectivity index (χ0n) is 17.7. The van der Waals surface area contributed by atoms with Gasteiger partial charge in [-0.3, -0.25) is 9.78 Å². The van der Waals surface area contributed by atoms with Gasteiger partial charge in [0.1, 0.15) is 0 Å². The number of carbonyl (C=O) groups excluding carboxylic acids is 1. The van der Waals surface area contributed by atoms with Crippen molar-refractivity contribution in [2.24, 2.45) is 0 Å². The second-order valence-electron chi connectivity index (χ2n) is 7.91. The summed E-state index contributed by atoms with van der Waals surface area (Å²) in [6, 6.07) is 9.85. The van der Waals surface area contributed by atoms with Gasteiger partial charge in [0.15, 0.2) is 5.13 Å². The lowest BCUT2D eigenvalue weighted by atomic mass is 10.1. The van der Waals surface area contributed by atoms with Gasteiger partial charge in [0.2, 0.25) is 0 Å². The number of nitrogens with one attached hydrogen (secondary N) is 1. The predicted octanol–water partition coefficient (Wildman–Crippen LogP) is 5.79. The van der Waals surface area contributed by atoms with Crippen LogP contribution < -0.4 is 5.32 Å². The minimum Gasteiger partial charge on any atom is -0.331 e. The highest BCUT2D eigenvalue weighted by Gasteiger charge is 2.32. The molecule has 0 saturated carbocycles. The van der Waals surface area contributed by atoms with E-state index in [9.17, 15) is 4.79 Å². The summed E-state index contributed by atoms with van der Waals surface area (Å²) in [6.45, 7) is 6.71. The van der Waals surface area contributed by atoms with Gasteiger partial charge >= 0.3 is 0 Å². The van der Waals surface area contributed by atoms with Crippen molar-refractivity contribution >= 4 is 49.6 Å². The number of hydrogen-bond donors (Lipinski definition) is 1. The van der Waals surface area contributed by atoms with E-state index in [-0.39, 0.29) is 11.9 Å². The van der Waals surface area contributed by atoms with Crippen LogP contribution in [0.3, 0.4) is 0 Å². The Morgan fingerprint density at radius 1 is 1.10 bits per heavy atom. The third-order valence-corrected chi connectivity index (χ3v) is 7.25. The Morgan fingerprint density at radius 3 is 2.77 bits per heavy atom. The Kier molecular flexibility index (Phi) is 5.19. The number of thiazole rings is 2. The lowest BCUT2D eigenvalue weighted by molar-refractivity contribution is 0.0733. The highest BCUT2D eigenvalue weighted by atomic mass is 32.1. The number of aryl methyl sites for hydroxylation is 3. The summed E-state index contributed by atoms with van der Waals surface area (Å²) in [6.07, 6.45) is 1.89. The molecule has 0 bridgehead atoms. The number of hydrogen-bond acceptors (Lipinski definition) is 7. The fourth-order valence-corrected chi connectivity index (χ4v) is 5.70. The Bertz CT molecular complexity index is 1280. The Morgan fingerprint density at radius 2 is 1.97 bits per heavy atom. The molecule has 6 nitrogen and oxygen atoms in total. The maximum absolute atomic E-state index is 13.4. The first-order chi connectivity index (χ1) is 15.0. The van der Waals surface area contributed by atoms with E-state index in [2.05, 4.69) is 21.4 Å². The van der Waals surface area contributed by atoms with Gasteiger partial charge in [-0.2, -0.15) is 0 Å². The monoisotopic (exact) mass is 449 g/mol. The second kappa shape index (κ2) is 8.01. The molecule has 158 valence electrons. The van der Waals surface area contributed by atoms with Crippen molar-refractivity contribution in [1.82, 2.24) is 19.9 Å². The van der Waals surface area contributed by atoms with Crippen molar-refractivity contribution in [2.45, 2.75) is 39.7 Å². The first-order valence-electron chi connectivity index (χ1n) is 10.3. The number of benzene rings is 1. The minimum absolute atomic E-state index is 0.0233. The quantitative estimate of drug-likeness (QED) is 0.427. The van der Waals surface area contributed by atoms with Gasteiger partial charge < -0.3 is 10.2 Å². The largest absolute Gasteiger partial charge is 0.331 e. The molecule has 1 atom stereocenters. The Labute approximate surface area is 189 Å². The molecule has 5 rings (SSSR count). The van der Waals surface area contributed by atoms with Gasteiger partial charge in [-0.25, -0.2) is 9.97 Å². The summed E-state index contributed by atoms with van der Waals surface area (Å²) < 4.78 is 1.05. The molecule has 1 aromatic carbocycles. The molecule has 31 heavy (non-hydrogen) atoms. The van der Waals surface area contributed by atoms with E-state index in [1.165, 1.54) is 0 Å². The molecule has 1 aliphatic rings. The summed E-state index contributed by atoms with van der Waals surface area (Å²) in [7, 11) is 0. The molecule has 0 radical (unpaired) electrons. The van der Waals surface area contributed by atoms with Crippen LogP contribution in [-0.4, -0.2) is 32.3 Å². The third-order valence-electron chi connectivity index (χ3n) is 5.44. The van der Waals surface area contributed by atoms with Crippen LogP contribution in [0.2, 0.25) is 0 Å². The fraction of sp³-hybridized carbons (Fsp3) is 0.304. The summed E-state index contributed by atoms with van der Waals surface area (Å²) in [4.78, 5) is 29.1. The highest BCUT2D eigenvalue weighted by molar-refractivity contribution is 7.18. The fourth-order valence-electron chi connectivity index (χ4n) is 4.13. The summed E-state index contributed by atoms with van der Waals surface area (Å²) in [5.41, 5.74) is 5.47. The van der Waals surface area contributed by atoms with E-state index < -0.39 is 0 Å². The van der Waals surface area contributed by atoms with Gasteiger partial charge in [-0.1, -0.05) is 0 Å². The van der Waals surface area contributed by atoms with Crippen molar-refractivity contribution in [3.63, 3.8) is 0 Å². The minimum atomic E-state index is -0.0233. The molecule has 4 aromatic rings. The molecule has 1 unspecified atom stereocenters. The van der Waals surface area contributed by atoms with E-state index in [0.29, 0.717) is 5.56 Å². The number of fused-ring (bicyclic) bond motifs is 1. The van der Waals surface area contributed by atoms with Crippen molar-refractivity contribution in [3.05, 3.63) is 63.4 Å². The van der Waals surface area contributed by atoms with E-state index in [1.807, 2.05) is 55.3 Å². The molecule has 1 N–H and O–H groups in total. The lowest BCUT2D eigenvalue weighted by Crippen LogP contribution is -2.31. The molecule has 3 aromatic heterocycles. The Balaban J connectivity index is 1.43. The maximum atomic E-state index is 13.4. The highest BCUT2D eigenvalue weighted by Crippen LogP contribution is 2.35. The third kappa shape index (κ3) is 4.05. The van der Waals surface area contributed by atoms with Crippen LogP contribution in [0, 0.1) is 20.8 Å². The van der Waals surface area contributed by atoms with Gasteiger partial charge in [0.25, 0.3) is 5.91 Å². The molecule has 1 aliphatic heterocycles. The van der Waals surface area contributed by atoms with E-state index in [1.54, 1.807) is 22.7 Å². The van der Waals surface area contributed by atoms with E-state index in [0.717, 1.165) is 62.5 Å². The number of carbonyl (C=O) groups is 1. The van der Waals surface area contributed by atoms with Crippen molar-refractivity contribution in [1.29, 1.82) is 0 Å². The topological polar surface area (TPSA) is 71.0 Å². The number of amides is 1. The number of rotatable bonds is 4. The first-order valence-corrected chi connectivity index (χ1v) is 12.0. The maximum Gasteiger partial charge on any atom is 0.254 e. The van der Waals surface area contributed by atoms with Gasteiger partial charge in [0, 0.05) is 28.9 Å². The SMILES string of the molecule is Cc1cc(Nc2nc(C)cs2)cc(C2CCCN2C(=O)c2ccc3nc(C)sc3c2)n1. The molecular weight excluding hydrogens is 426 g/mol. The molecule has 1 saturated heterocycles. The van der Waals surface area contributed by atoms with Crippen LogP contribution in [-0.2, 0) is 0 Å². The first kappa shape index (κ1) is 20.1. The standard InChI is InChI=1S/C23H23N5OS2/c1-13-9-17(27-23-25-14(2)12-30-23)11-19(24-13)20-5-4-8-28(20)22(29)16-6-7-18-21(10-16)31-15(3)26-18/h6-7,9-12,20H,4-5,8H2,1-3H3,(H,24,25,27). The Hall–Kier alpha value is -2.84. The summed E-state index contributed by atoms with van der Waals surface area (Å²) in [5.74, 6) is 0.0591. The molecule has 0 aliphatic carbocycles. The van der Waals surface area contributed by atoms with Crippen LogP contribution >= 0.6 is 22.7 Å². The lowest BCUT2D eigenvalue weighted by Gasteiger charge is -2.25. The molecule has 0 spiro atoms. The van der Waals surface area contributed by atoms with E-state index >= 15 is 0 Å². The van der Waals surface area contributed by atoms with E-state index in [4.69, 9.17) is 4.98 Å². The van der Waals surface area contributed by atoms with Crippen LogP contribution in [0.5, 0.6) is 0 Å². The van der Waals surface area contributed by atoms with Gasteiger partial charge in [-0.15, -0.1) is 22.7 Å². The zero-order valence-corrected chi connectivity index (χ0v) is 19.3. The van der Waals surface area contributed by atoms with Crippen LogP contribution in [0.25, 0.3) is 10.2 Å². The number of nitrogens with zero attached hydrogens (tertiary/aromatic N) is 4. The number of anilines is 2. The second-order valence-corrected chi connectivity index (χ2v) is 10.0. The van der Waals surface area contributed by atoms with Crippen molar-refractivity contribution in [3.8, 4) is 0 Å². The summed E-state index contributed by atoms with van der Waals surface area (Å²) in [5, 5.41) is 7.28. The predicted molar refractivity (Wildman–Crippen MR) is 126 cm³/mol. The zero-order chi connectivity index (χ0) is 21.5. The van der Waals surface area contributed by atoms with Crippen molar-refractivity contribution in [2.75, 3.05) is 11.9 Å². The average molecular weight is 450 g/mol.